The molecule has 1 aliphatic heterocycles. The van der Waals surface area contributed by atoms with Crippen molar-refractivity contribution in [1.82, 2.24) is 5.32 Å². The molecule has 1 rings (SSSR count). The second-order valence-electron chi connectivity index (χ2n) is 1.71. The lowest BCUT2D eigenvalue weighted by molar-refractivity contribution is 0.866. The summed E-state index contributed by atoms with van der Waals surface area (Å²) >= 11 is 0. The Morgan fingerprint density at radius 2 is 2.22 bits per heavy atom. The summed E-state index contributed by atoms with van der Waals surface area (Å²) in [5.74, 6) is 0. The molecule has 0 radical (unpaired) electrons. The van der Waals surface area contributed by atoms with Gasteiger partial charge in [-0.2, -0.15) is 0 Å². The Morgan fingerprint density at radius 1 is 1.33 bits per heavy atom. The van der Waals surface area contributed by atoms with Gasteiger partial charge in [0.15, 0.2) is 0 Å². The quantitative estimate of drug-likeness (QED) is 0.509. The maximum absolute atomic E-state index is 11.9. The molecule has 0 unspecified atom stereocenters. The third-order valence-electron chi connectivity index (χ3n) is 1.03. The lowest BCUT2D eigenvalue weighted by Gasteiger charge is -1.95. The van der Waals surface area contributed by atoms with Crippen LogP contribution in [-0.2, 0) is 0 Å². The Bertz CT molecular complexity index is 172. The number of nitrogens with one attached hydrogen (secondary N) is 1. The molecule has 0 amide bonds. The summed E-state index contributed by atoms with van der Waals surface area (Å²) < 4.78 is 11.9. The van der Waals surface area contributed by atoms with Gasteiger partial charge in [0.25, 0.3) is 0 Å². The molecule has 3 heteroatoms. The molecule has 0 spiro atoms. The second kappa shape index (κ2) is 3.12. The standard InChI is InChI=1S/C6H7BFN/c8-7-6-4-2-1-3-5-9-6/h1-5,7,9H. The molecular weight excluding hydrogens is 116 g/mol. The highest BCUT2D eigenvalue weighted by Crippen LogP contribution is 1.92. The summed E-state index contributed by atoms with van der Waals surface area (Å²) in [5, 5.41) is 2.77. The highest BCUT2D eigenvalue weighted by atomic mass is 19.1. The number of rotatable bonds is 1. The average Bonchev–Trinajstić information content (AvgIpc) is 2.13. The first-order valence-electron chi connectivity index (χ1n) is 2.78. The smallest absolute Gasteiger partial charge is 0.370 e. The summed E-state index contributed by atoms with van der Waals surface area (Å²) in [5.41, 5.74) is 0.597. The van der Waals surface area contributed by atoms with Crippen LogP contribution in [0.3, 0.4) is 0 Å². The Balaban J connectivity index is 2.62. The minimum absolute atomic E-state index is 0.436. The van der Waals surface area contributed by atoms with E-state index in [0.717, 1.165) is 0 Å². The number of hydrogen-bond acceptors (Lipinski definition) is 1. The molecule has 0 aliphatic carbocycles. The lowest BCUT2D eigenvalue weighted by Crippen LogP contribution is -2.07. The van der Waals surface area contributed by atoms with Gasteiger partial charge in [-0.1, -0.05) is 12.2 Å². The van der Waals surface area contributed by atoms with E-state index < -0.39 is 7.56 Å². The van der Waals surface area contributed by atoms with E-state index in [0.29, 0.717) is 5.60 Å². The molecule has 9 heavy (non-hydrogen) atoms. The molecule has 1 aliphatic rings. The molecule has 1 heterocycles. The highest BCUT2D eigenvalue weighted by Gasteiger charge is 1.93. The predicted molar refractivity (Wildman–Crippen MR) is 37.8 cm³/mol. The van der Waals surface area contributed by atoms with Crippen LogP contribution in [0.2, 0.25) is 0 Å². The summed E-state index contributed by atoms with van der Waals surface area (Å²) in [6, 6.07) is 0. The van der Waals surface area contributed by atoms with E-state index >= 15 is 0 Å². The van der Waals surface area contributed by atoms with Crippen LogP contribution in [-0.4, -0.2) is 7.56 Å². The first-order valence-corrected chi connectivity index (χ1v) is 2.78. The molecule has 1 N–H and O–H groups in total. The van der Waals surface area contributed by atoms with Gasteiger partial charge in [0.2, 0.25) is 0 Å². The first kappa shape index (κ1) is 6.14. The molecule has 0 atom stereocenters. The van der Waals surface area contributed by atoms with Crippen LogP contribution in [0.15, 0.2) is 36.1 Å². The van der Waals surface area contributed by atoms with Crippen molar-refractivity contribution in [2.75, 3.05) is 0 Å². The molecule has 0 aromatic rings. The van der Waals surface area contributed by atoms with Crippen LogP contribution in [0.5, 0.6) is 0 Å². The van der Waals surface area contributed by atoms with Gasteiger partial charge >= 0.3 is 7.56 Å². The minimum Gasteiger partial charge on any atom is -0.370 e. The zero-order valence-corrected chi connectivity index (χ0v) is 4.97. The Hall–Kier alpha value is -0.985. The average molecular weight is 123 g/mol. The fourth-order valence-electron chi connectivity index (χ4n) is 0.578. The van der Waals surface area contributed by atoms with E-state index in [1.165, 1.54) is 0 Å². The second-order valence-corrected chi connectivity index (χ2v) is 1.71. The van der Waals surface area contributed by atoms with Crippen LogP contribution in [0, 0.1) is 0 Å². The van der Waals surface area contributed by atoms with Gasteiger partial charge in [-0.25, -0.2) is 0 Å². The lowest BCUT2D eigenvalue weighted by atomic mass is 9.99. The summed E-state index contributed by atoms with van der Waals surface area (Å²) in [7, 11) is -0.436. The van der Waals surface area contributed by atoms with Gasteiger partial charge in [0, 0.05) is 11.8 Å². The molecule has 0 bridgehead atoms. The van der Waals surface area contributed by atoms with Gasteiger partial charge in [0.05, 0.1) is 0 Å². The number of halogens is 1. The fraction of sp³-hybridized carbons (Fsp3) is 0. The van der Waals surface area contributed by atoms with Gasteiger partial charge in [-0.05, 0) is 12.2 Å². The van der Waals surface area contributed by atoms with Crippen molar-refractivity contribution in [1.29, 1.82) is 0 Å². The molecule has 46 valence electrons. The topological polar surface area (TPSA) is 12.0 Å². The fourth-order valence-corrected chi connectivity index (χ4v) is 0.578. The molecule has 0 saturated carbocycles. The first-order chi connectivity index (χ1) is 4.43. The van der Waals surface area contributed by atoms with Crippen molar-refractivity contribution in [3.8, 4) is 0 Å². The Morgan fingerprint density at radius 3 is 3.00 bits per heavy atom. The molecular formula is C6H7BFN. The predicted octanol–water partition coefficient (Wildman–Crippen LogP) is 0.822. The molecule has 0 fully saturated rings. The van der Waals surface area contributed by atoms with Crippen molar-refractivity contribution < 1.29 is 4.32 Å². The van der Waals surface area contributed by atoms with Crippen LogP contribution < -0.4 is 5.32 Å². The highest BCUT2D eigenvalue weighted by molar-refractivity contribution is 6.36. The number of allylic oxidation sites excluding steroid dienone is 4. The monoisotopic (exact) mass is 123 g/mol. The maximum atomic E-state index is 11.9. The van der Waals surface area contributed by atoms with Crippen LogP contribution in [0.25, 0.3) is 0 Å². The molecule has 0 saturated heterocycles. The third kappa shape index (κ3) is 1.76. The van der Waals surface area contributed by atoms with Gasteiger partial charge in [0.1, 0.15) is 0 Å². The SMILES string of the molecule is FBC1=CC=CC=CN1. The summed E-state index contributed by atoms with van der Waals surface area (Å²) in [6.45, 7) is 0. The largest absolute Gasteiger partial charge is 0.380 e. The van der Waals surface area contributed by atoms with Gasteiger partial charge in [-0.3, -0.25) is 0 Å². The molecule has 0 aromatic carbocycles. The van der Waals surface area contributed by atoms with E-state index in [4.69, 9.17) is 0 Å². The van der Waals surface area contributed by atoms with E-state index in [1.54, 1.807) is 18.4 Å². The van der Waals surface area contributed by atoms with Gasteiger partial charge in [-0.15, -0.1) is 0 Å². The number of hydrogen-bond donors (Lipinski definition) is 1. The van der Waals surface area contributed by atoms with E-state index in [9.17, 15) is 4.32 Å². The zero-order chi connectivity index (χ0) is 6.53. The Labute approximate surface area is 54.2 Å². The van der Waals surface area contributed by atoms with Crippen LogP contribution in [0.1, 0.15) is 0 Å². The van der Waals surface area contributed by atoms with Crippen molar-refractivity contribution in [2.45, 2.75) is 0 Å². The van der Waals surface area contributed by atoms with Crippen molar-refractivity contribution in [3.63, 3.8) is 0 Å². The van der Waals surface area contributed by atoms with Crippen molar-refractivity contribution in [2.24, 2.45) is 0 Å². The van der Waals surface area contributed by atoms with Crippen molar-refractivity contribution >= 4 is 7.56 Å². The summed E-state index contributed by atoms with van der Waals surface area (Å²) in [6.07, 6.45) is 8.87. The van der Waals surface area contributed by atoms with E-state index in [-0.39, 0.29) is 0 Å². The maximum Gasteiger partial charge on any atom is 0.380 e. The normalized spacial score (nSPS) is 15.9. The van der Waals surface area contributed by atoms with E-state index in [1.807, 2.05) is 12.2 Å². The van der Waals surface area contributed by atoms with E-state index in [2.05, 4.69) is 5.32 Å². The van der Waals surface area contributed by atoms with Crippen molar-refractivity contribution in [3.05, 3.63) is 36.1 Å². The Kier molecular flexibility index (Phi) is 2.13. The third-order valence-corrected chi connectivity index (χ3v) is 1.03. The van der Waals surface area contributed by atoms with Gasteiger partial charge < -0.3 is 9.63 Å². The van der Waals surface area contributed by atoms with Crippen LogP contribution >= 0.6 is 0 Å². The molecule has 1 nitrogen and oxygen atoms in total. The zero-order valence-electron chi connectivity index (χ0n) is 4.97. The summed E-state index contributed by atoms with van der Waals surface area (Å²) in [4.78, 5) is 0. The minimum atomic E-state index is -0.436. The molecule has 0 aromatic heterocycles. The van der Waals surface area contributed by atoms with Crippen LogP contribution in [0.4, 0.5) is 4.32 Å².